The second-order valence-electron chi connectivity index (χ2n) is 3.79. The van der Waals surface area contributed by atoms with Gasteiger partial charge in [0.25, 0.3) is 0 Å². The van der Waals surface area contributed by atoms with Crippen molar-refractivity contribution in [3.8, 4) is 11.5 Å². The van der Waals surface area contributed by atoms with E-state index in [9.17, 15) is 0 Å². The number of halogens is 1. The summed E-state index contributed by atoms with van der Waals surface area (Å²) in [5.41, 5.74) is 1.10. The molecule has 0 amide bonds. The van der Waals surface area contributed by atoms with Crippen LogP contribution < -0.4 is 4.74 Å². The maximum absolute atomic E-state index is 5.81. The largest absolute Gasteiger partial charge is 0.457 e. The molecule has 94 valence electrons. The molecule has 0 bridgehead atoms. The number of rotatable bonds is 5. The Kier molecular flexibility index (Phi) is 4.97. The highest BCUT2D eigenvalue weighted by atomic mass is 35.5. The topological polar surface area (TPSA) is 9.23 Å². The van der Waals surface area contributed by atoms with Crippen LogP contribution in [0.1, 0.15) is 12.5 Å². The minimum absolute atomic E-state index is 0.531. The number of hydrogen-bond acceptors (Lipinski definition) is 2. The lowest BCUT2D eigenvalue weighted by molar-refractivity contribution is 0.481. The van der Waals surface area contributed by atoms with Crippen molar-refractivity contribution in [2.75, 3.05) is 5.75 Å². The summed E-state index contributed by atoms with van der Waals surface area (Å²) in [7, 11) is 0. The van der Waals surface area contributed by atoms with Crippen LogP contribution in [0.5, 0.6) is 11.5 Å². The fourth-order valence-corrected chi connectivity index (χ4v) is 2.46. The maximum Gasteiger partial charge on any atom is 0.128 e. The molecule has 0 aliphatic rings. The SMILES string of the molecule is CCSc1cccc(Oc2ccc(CCl)cc2)c1. The molecule has 0 aliphatic heterocycles. The summed E-state index contributed by atoms with van der Waals surface area (Å²) in [4.78, 5) is 1.23. The van der Waals surface area contributed by atoms with Crippen molar-refractivity contribution in [2.24, 2.45) is 0 Å². The van der Waals surface area contributed by atoms with Crippen molar-refractivity contribution in [1.29, 1.82) is 0 Å². The van der Waals surface area contributed by atoms with E-state index in [4.69, 9.17) is 16.3 Å². The molecule has 0 aromatic heterocycles. The Balaban J connectivity index is 2.09. The van der Waals surface area contributed by atoms with E-state index in [0.717, 1.165) is 22.8 Å². The Bertz CT molecular complexity index is 496. The standard InChI is InChI=1S/C15H15ClOS/c1-2-18-15-5-3-4-14(10-15)17-13-8-6-12(11-16)7-9-13/h3-10H,2,11H2,1H3. The number of alkyl halides is 1. The summed E-state index contributed by atoms with van der Waals surface area (Å²) in [6, 6.07) is 16.0. The Hall–Kier alpha value is -1.12. The van der Waals surface area contributed by atoms with Gasteiger partial charge in [0, 0.05) is 10.8 Å². The molecule has 0 saturated heterocycles. The number of benzene rings is 2. The fraction of sp³-hybridized carbons (Fsp3) is 0.200. The van der Waals surface area contributed by atoms with Crippen molar-refractivity contribution in [3.05, 3.63) is 54.1 Å². The minimum atomic E-state index is 0.531. The Labute approximate surface area is 117 Å². The predicted octanol–water partition coefficient (Wildman–Crippen LogP) is 5.33. The van der Waals surface area contributed by atoms with Gasteiger partial charge in [0.15, 0.2) is 0 Å². The van der Waals surface area contributed by atoms with Gasteiger partial charge in [-0.05, 0) is 41.6 Å². The zero-order chi connectivity index (χ0) is 12.8. The van der Waals surface area contributed by atoms with E-state index in [1.165, 1.54) is 4.90 Å². The van der Waals surface area contributed by atoms with Crippen LogP contribution in [0.15, 0.2) is 53.4 Å². The van der Waals surface area contributed by atoms with E-state index in [2.05, 4.69) is 19.1 Å². The lowest BCUT2D eigenvalue weighted by Gasteiger charge is -2.07. The van der Waals surface area contributed by atoms with Crippen LogP contribution in [-0.4, -0.2) is 5.75 Å². The smallest absolute Gasteiger partial charge is 0.128 e. The normalized spacial score (nSPS) is 10.3. The van der Waals surface area contributed by atoms with Crippen LogP contribution >= 0.6 is 23.4 Å². The Morgan fingerprint density at radius 1 is 1.06 bits per heavy atom. The van der Waals surface area contributed by atoms with E-state index in [1.54, 1.807) is 0 Å². The van der Waals surface area contributed by atoms with Crippen LogP contribution in [0.3, 0.4) is 0 Å². The van der Waals surface area contributed by atoms with Crippen molar-refractivity contribution in [2.45, 2.75) is 17.7 Å². The number of ether oxygens (including phenoxy) is 1. The summed E-state index contributed by atoms with van der Waals surface area (Å²) >= 11 is 7.56. The third-order valence-corrected chi connectivity index (χ3v) is 3.61. The molecule has 2 aromatic rings. The van der Waals surface area contributed by atoms with Gasteiger partial charge in [0.1, 0.15) is 11.5 Å². The number of thioether (sulfide) groups is 1. The molecule has 3 heteroatoms. The Morgan fingerprint density at radius 3 is 2.50 bits per heavy atom. The first-order valence-corrected chi connectivity index (χ1v) is 7.39. The summed E-state index contributed by atoms with van der Waals surface area (Å²) in [6.45, 7) is 2.14. The van der Waals surface area contributed by atoms with Gasteiger partial charge in [-0.25, -0.2) is 0 Å². The van der Waals surface area contributed by atoms with Crippen molar-refractivity contribution in [3.63, 3.8) is 0 Å². The van der Waals surface area contributed by atoms with Crippen molar-refractivity contribution < 1.29 is 4.74 Å². The highest BCUT2D eigenvalue weighted by Crippen LogP contribution is 2.26. The molecule has 0 N–H and O–H groups in total. The first-order valence-electron chi connectivity index (χ1n) is 5.87. The third-order valence-electron chi connectivity index (χ3n) is 2.43. The van der Waals surface area contributed by atoms with E-state index in [0.29, 0.717) is 5.88 Å². The van der Waals surface area contributed by atoms with E-state index >= 15 is 0 Å². The fourth-order valence-electron chi connectivity index (χ4n) is 1.58. The van der Waals surface area contributed by atoms with Gasteiger partial charge in [0.05, 0.1) is 0 Å². The molecule has 0 aliphatic carbocycles. The summed E-state index contributed by atoms with van der Waals surface area (Å²) in [6.07, 6.45) is 0. The monoisotopic (exact) mass is 278 g/mol. The van der Waals surface area contributed by atoms with Crippen molar-refractivity contribution >= 4 is 23.4 Å². The quantitative estimate of drug-likeness (QED) is 0.540. The number of hydrogen-bond donors (Lipinski definition) is 0. The predicted molar refractivity (Wildman–Crippen MR) is 78.9 cm³/mol. The average Bonchev–Trinajstić information content (AvgIpc) is 2.40. The van der Waals surface area contributed by atoms with Crippen LogP contribution in [-0.2, 0) is 5.88 Å². The summed E-state index contributed by atoms with van der Waals surface area (Å²) in [5.74, 6) is 3.30. The zero-order valence-electron chi connectivity index (χ0n) is 10.2. The van der Waals surface area contributed by atoms with E-state index in [-0.39, 0.29) is 0 Å². The lowest BCUT2D eigenvalue weighted by atomic mass is 10.2. The summed E-state index contributed by atoms with van der Waals surface area (Å²) < 4.78 is 5.81. The maximum atomic E-state index is 5.81. The van der Waals surface area contributed by atoms with Crippen LogP contribution in [0.4, 0.5) is 0 Å². The van der Waals surface area contributed by atoms with Gasteiger partial charge in [0.2, 0.25) is 0 Å². The van der Waals surface area contributed by atoms with Crippen LogP contribution in [0.2, 0.25) is 0 Å². The Morgan fingerprint density at radius 2 is 1.83 bits per heavy atom. The third kappa shape index (κ3) is 3.69. The molecule has 0 radical (unpaired) electrons. The van der Waals surface area contributed by atoms with E-state index in [1.807, 2.05) is 48.2 Å². The molecule has 0 spiro atoms. The van der Waals surface area contributed by atoms with E-state index < -0.39 is 0 Å². The van der Waals surface area contributed by atoms with Gasteiger partial charge >= 0.3 is 0 Å². The highest BCUT2D eigenvalue weighted by Gasteiger charge is 1.99. The van der Waals surface area contributed by atoms with Gasteiger partial charge in [-0.2, -0.15) is 0 Å². The molecule has 2 rings (SSSR count). The second kappa shape index (κ2) is 6.72. The van der Waals surface area contributed by atoms with Crippen LogP contribution in [0.25, 0.3) is 0 Å². The molecular formula is C15H15ClOS. The van der Waals surface area contributed by atoms with Gasteiger partial charge in [-0.15, -0.1) is 23.4 Å². The molecule has 0 heterocycles. The second-order valence-corrected chi connectivity index (χ2v) is 5.39. The van der Waals surface area contributed by atoms with Gasteiger partial charge < -0.3 is 4.74 Å². The lowest BCUT2D eigenvalue weighted by Crippen LogP contribution is -1.85. The molecule has 0 unspecified atom stereocenters. The minimum Gasteiger partial charge on any atom is -0.457 e. The molecule has 1 nitrogen and oxygen atoms in total. The zero-order valence-corrected chi connectivity index (χ0v) is 11.8. The van der Waals surface area contributed by atoms with Crippen LogP contribution in [0, 0.1) is 0 Å². The first-order chi connectivity index (χ1) is 8.81. The van der Waals surface area contributed by atoms with Gasteiger partial charge in [-0.1, -0.05) is 25.1 Å². The average molecular weight is 279 g/mol. The molecule has 0 fully saturated rings. The highest BCUT2D eigenvalue weighted by molar-refractivity contribution is 7.99. The molecule has 0 atom stereocenters. The molecule has 2 aromatic carbocycles. The first kappa shape index (κ1) is 13.3. The molecule has 18 heavy (non-hydrogen) atoms. The van der Waals surface area contributed by atoms with Gasteiger partial charge in [-0.3, -0.25) is 0 Å². The molecule has 0 saturated carbocycles. The molecular weight excluding hydrogens is 264 g/mol. The summed E-state index contributed by atoms with van der Waals surface area (Å²) in [5, 5.41) is 0. The van der Waals surface area contributed by atoms with Crippen molar-refractivity contribution in [1.82, 2.24) is 0 Å².